The van der Waals surface area contributed by atoms with Crippen LogP contribution in [0.1, 0.15) is 25.8 Å². The zero-order valence-electron chi connectivity index (χ0n) is 19.2. The fraction of sp³-hybridized carbons (Fsp3) is 0.440. The number of carbonyl (C=O) groups excluding carboxylic acids is 1. The minimum atomic E-state index is -3.28. The first-order valence-electron chi connectivity index (χ1n) is 11.6. The van der Waals surface area contributed by atoms with Gasteiger partial charge in [0.1, 0.15) is 0 Å². The van der Waals surface area contributed by atoms with Gasteiger partial charge in [0, 0.05) is 43.8 Å². The molecule has 1 aromatic heterocycles. The van der Waals surface area contributed by atoms with Gasteiger partial charge in [-0.25, -0.2) is 0 Å². The van der Waals surface area contributed by atoms with Gasteiger partial charge in [0.25, 0.3) is 0 Å². The van der Waals surface area contributed by atoms with E-state index in [2.05, 4.69) is 21.3 Å². The zero-order chi connectivity index (χ0) is 23.3. The number of piperidine rings is 1. The van der Waals surface area contributed by atoms with Crippen molar-refractivity contribution in [1.82, 2.24) is 10.3 Å². The highest BCUT2D eigenvalue weighted by Crippen LogP contribution is 2.54. The molecule has 1 amide bonds. The Hall–Kier alpha value is -2.47. The summed E-state index contributed by atoms with van der Waals surface area (Å²) in [5.74, 6) is 1.89. The third-order valence-corrected chi connectivity index (χ3v) is 8.48. The van der Waals surface area contributed by atoms with E-state index in [1.165, 1.54) is 0 Å². The van der Waals surface area contributed by atoms with Gasteiger partial charge < -0.3 is 19.3 Å². The largest absolute Gasteiger partial charge is 0.371 e. The number of benzene rings is 1. The third-order valence-electron chi connectivity index (χ3n) is 6.37. The van der Waals surface area contributed by atoms with Gasteiger partial charge in [0.15, 0.2) is 0 Å². The first-order valence-corrected chi connectivity index (χ1v) is 13.2. The van der Waals surface area contributed by atoms with Crippen molar-refractivity contribution in [2.45, 2.75) is 20.3 Å². The van der Waals surface area contributed by atoms with E-state index in [0.29, 0.717) is 42.8 Å². The second-order valence-corrected chi connectivity index (χ2v) is 10.5. The van der Waals surface area contributed by atoms with Gasteiger partial charge in [-0.2, -0.15) is 0 Å². The smallest absolute Gasteiger partial charge is 0.361 e. The Morgan fingerprint density at radius 2 is 1.94 bits per heavy atom. The average Bonchev–Trinajstić information content (AvgIpc) is 3.26. The Bertz CT molecular complexity index is 1010. The molecule has 4 rings (SSSR count). The summed E-state index contributed by atoms with van der Waals surface area (Å²) in [4.78, 5) is 18.4. The second-order valence-electron chi connectivity index (χ2n) is 8.45. The van der Waals surface area contributed by atoms with E-state index in [1.807, 2.05) is 44.2 Å². The molecule has 7 nitrogen and oxygen atoms in total. The highest BCUT2D eigenvalue weighted by Gasteiger charge is 2.54. The number of anilines is 1. The van der Waals surface area contributed by atoms with Crippen LogP contribution in [-0.4, -0.2) is 43.7 Å². The minimum absolute atomic E-state index is 0.0730. The Kier molecular flexibility index (Phi) is 7.63. The quantitative estimate of drug-likeness (QED) is 0.398. The molecule has 1 aliphatic heterocycles. The lowest BCUT2D eigenvalue weighted by Crippen LogP contribution is -2.27. The van der Waals surface area contributed by atoms with Crippen molar-refractivity contribution < 1.29 is 18.4 Å². The van der Waals surface area contributed by atoms with E-state index in [0.717, 1.165) is 30.8 Å². The number of pyridine rings is 1. The number of hydrogen-bond acceptors (Lipinski definition) is 6. The molecular weight excluding hydrogens is 437 g/mol. The normalized spacial score (nSPS) is 21.9. The van der Waals surface area contributed by atoms with Gasteiger partial charge in [-0.05, 0) is 73.9 Å². The van der Waals surface area contributed by atoms with E-state index in [9.17, 15) is 9.36 Å². The highest BCUT2D eigenvalue weighted by molar-refractivity contribution is 7.62. The van der Waals surface area contributed by atoms with Gasteiger partial charge in [0.2, 0.25) is 5.91 Å². The predicted octanol–water partition coefficient (Wildman–Crippen LogP) is 3.87. The lowest BCUT2D eigenvalue weighted by atomic mass is 10.2. The van der Waals surface area contributed by atoms with Crippen molar-refractivity contribution in [3.8, 4) is 0 Å². The molecule has 2 fully saturated rings. The monoisotopic (exact) mass is 469 g/mol. The van der Waals surface area contributed by atoms with Gasteiger partial charge in [0.05, 0.1) is 18.5 Å². The van der Waals surface area contributed by atoms with E-state index >= 15 is 0 Å². The molecule has 176 valence electrons. The van der Waals surface area contributed by atoms with Crippen molar-refractivity contribution in [2.24, 2.45) is 17.8 Å². The number of hydrogen-bond donors (Lipinski definition) is 1. The summed E-state index contributed by atoms with van der Waals surface area (Å²) in [7, 11) is -3.28. The Balaban J connectivity index is 1.24. The molecule has 2 aliphatic rings. The molecule has 1 aromatic carbocycles. The summed E-state index contributed by atoms with van der Waals surface area (Å²) in [5, 5.41) is 3.60. The SMILES string of the molecule is CCOP(=O)(OCC)c1cccc(N2C[C@@H]3[C@@H](CCNC(=O)/C=C/c4cccnc4)[C@@H]3C2)c1. The number of nitrogens with zero attached hydrogens (tertiary/aromatic N) is 2. The molecule has 1 saturated carbocycles. The minimum Gasteiger partial charge on any atom is -0.371 e. The number of amides is 1. The van der Waals surface area contributed by atoms with E-state index in [-0.39, 0.29) is 5.91 Å². The van der Waals surface area contributed by atoms with Crippen LogP contribution in [0.3, 0.4) is 0 Å². The van der Waals surface area contributed by atoms with Crippen molar-refractivity contribution >= 4 is 30.6 Å². The molecule has 1 N–H and O–H groups in total. The fourth-order valence-corrected chi connectivity index (χ4v) is 6.35. The van der Waals surface area contributed by atoms with E-state index in [4.69, 9.17) is 9.05 Å². The van der Waals surface area contributed by atoms with Crippen LogP contribution in [0, 0.1) is 17.8 Å². The third kappa shape index (κ3) is 5.72. The molecule has 3 atom stereocenters. The maximum Gasteiger partial charge on any atom is 0.361 e. The molecule has 33 heavy (non-hydrogen) atoms. The van der Waals surface area contributed by atoms with E-state index in [1.54, 1.807) is 24.5 Å². The standard InChI is InChI=1S/C25H32N3O4P/c1-3-31-33(30,32-4-2)21-9-5-8-20(15-21)28-17-23-22(24(23)18-28)12-14-27-25(29)11-10-19-7-6-13-26-16-19/h5-11,13,15-16,22-24H,3-4,12,14,17-18H2,1-2H3,(H,27,29)/b11-10+/t22-,23-,24+. The number of aromatic nitrogens is 1. The Morgan fingerprint density at radius 3 is 2.61 bits per heavy atom. The lowest BCUT2D eigenvalue weighted by Gasteiger charge is -2.24. The molecule has 0 unspecified atom stereocenters. The van der Waals surface area contributed by atoms with Crippen LogP contribution < -0.4 is 15.5 Å². The fourth-order valence-electron chi connectivity index (χ4n) is 4.74. The Morgan fingerprint density at radius 1 is 1.18 bits per heavy atom. The molecule has 8 heteroatoms. The Labute approximate surface area is 195 Å². The van der Waals surface area contributed by atoms with Crippen molar-refractivity contribution in [1.29, 1.82) is 0 Å². The van der Waals surface area contributed by atoms with Crippen LogP contribution in [0.15, 0.2) is 54.9 Å². The number of fused-ring (bicyclic) bond motifs is 1. The molecule has 1 aliphatic carbocycles. The number of nitrogens with one attached hydrogen (secondary N) is 1. The summed E-state index contributed by atoms with van der Waals surface area (Å²) in [6, 6.07) is 11.5. The van der Waals surface area contributed by atoms with Crippen LogP contribution >= 0.6 is 7.60 Å². The van der Waals surface area contributed by atoms with Crippen LogP contribution in [0.4, 0.5) is 5.69 Å². The molecule has 0 radical (unpaired) electrons. The number of carbonyl (C=O) groups is 1. The summed E-state index contributed by atoms with van der Waals surface area (Å²) < 4.78 is 24.1. The second kappa shape index (κ2) is 10.6. The van der Waals surface area contributed by atoms with Crippen molar-refractivity contribution in [2.75, 3.05) is 37.7 Å². The van der Waals surface area contributed by atoms with Crippen LogP contribution in [-0.2, 0) is 18.4 Å². The van der Waals surface area contributed by atoms with Crippen LogP contribution in [0.25, 0.3) is 6.08 Å². The van der Waals surface area contributed by atoms with E-state index < -0.39 is 7.60 Å². The number of rotatable bonds is 11. The average molecular weight is 470 g/mol. The maximum absolute atomic E-state index is 13.1. The van der Waals surface area contributed by atoms with Gasteiger partial charge in [-0.3, -0.25) is 14.3 Å². The topological polar surface area (TPSA) is 80.8 Å². The highest BCUT2D eigenvalue weighted by atomic mass is 31.2. The van der Waals surface area contributed by atoms with Crippen molar-refractivity contribution in [3.05, 3.63) is 60.4 Å². The molecular formula is C25H32N3O4P. The summed E-state index contributed by atoms with van der Waals surface area (Å²) in [5.41, 5.74) is 1.97. The summed E-state index contributed by atoms with van der Waals surface area (Å²) >= 11 is 0. The summed E-state index contributed by atoms with van der Waals surface area (Å²) in [6.45, 7) is 6.99. The van der Waals surface area contributed by atoms with Gasteiger partial charge in [-0.1, -0.05) is 12.1 Å². The summed E-state index contributed by atoms with van der Waals surface area (Å²) in [6.07, 6.45) is 7.77. The molecule has 1 saturated heterocycles. The van der Waals surface area contributed by atoms with Crippen LogP contribution in [0.5, 0.6) is 0 Å². The molecule has 2 heterocycles. The first kappa shape index (κ1) is 23.7. The zero-order valence-corrected chi connectivity index (χ0v) is 20.1. The molecule has 2 aromatic rings. The predicted molar refractivity (Wildman–Crippen MR) is 131 cm³/mol. The van der Waals surface area contributed by atoms with Crippen molar-refractivity contribution in [3.63, 3.8) is 0 Å². The molecule has 0 bridgehead atoms. The lowest BCUT2D eigenvalue weighted by molar-refractivity contribution is -0.116. The van der Waals surface area contributed by atoms with Crippen LogP contribution in [0.2, 0.25) is 0 Å². The van der Waals surface area contributed by atoms with Gasteiger partial charge >= 0.3 is 7.60 Å². The van der Waals surface area contributed by atoms with Gasteiger partial charge in [-0.15, -0.1) is 0 Å². The maximum atomic E-state index is 13.1. The first-order chi connectivity index (χ1) is 16.0. The molecule has 0 spiro atoms.